The van der Waals surface area contributed by atoms with E-state index in [2.05, 4.69) is 12.2 Å². The molecular formula is C16H24N2O3. The van der Waals surface area contributed by atoms with E-state index < -0.39 is 0 Å². The Labute approximate surface area is 126 Å². The van der Waals surface area contributed by atoms with Gasteiger partial charge in [0, 0.05) is 20.1 Å². The lowest BCUT2D eigenvalue weighted by Gasteiger charge is -2.23. The van der Waals surface area contributed by atoms with Crippen LogP contribution in [0.4, 0.5) is 0 Å². The van der Waals surface area contributed by atoms with E-state index >= 15 is 0 Å². The topological polar surface area (TPSA) is 50.8 Å². The average Bonchev–Trinajstić information content (AvgIpc) is 2.92. The summed E-state index contributed by atoms with van der Waals surface area (Å²) in [7, 11) is 5.08. The van der Waals surface area contributed by atoms with Gasteiger partial charge in [-0.05, 0) is 30.2 Å². The van der Waals surface area contributed by atoms with E-state index in [-0.39, 0.29) is 11.8 Å². The van der Waals surface area contributed by atoms with Crippen LogP contribution >= 0.6 is 0 Å². The molecule has 5 nitrogen and oxygen atoms in total. The molecule has 0 spiro atoms. The lowest BCUT2D eigenvalue weighted by molar-refractivity contribution is -0.135. The molecule has 1 saturated heterocycles. The van der Waals surface area contributed by atoms with Crippen LogP contribution in [-0.2, 0) is 11.3 Å². The van der Waals surface area contributed by atoms with Crippen molar-refractivity contribution >= 4 is 5.91 Å². The number of carbonyl (C=O) groups is 1. The van der Waals surface area contributed by atoms with Crippen LogP contribution in [0.3, 0.4) is 0 Å². The number of nitrogens with one attached hydrogen (secondary N) is 1. The second-order valence-corrected chi connectivity index (χ2v) is 5.63. The summed E-state index contributed by atoms with van der Waals surface area (Å²) < 4.78 is 10.5. The molecular weight excluding hydrogens is 268 g/mol. The van der Waals surface area contributed by atoms with Crippen LogP contribution in [0.1, 0.15) is 12.5 Å². The van der Waals surface area contributed by atoms with Gasteiger partial charge in [-0.25, -0.2) is 0 Å². The molecule has 1 amide bonds. The molecule has 0 aliphatic carbocycles. The third-order valence-electron chi connectivity index (χ3n) is 4.08. The number of amides is 1. The number of ether oxygens (including phenoxy) is 2. The Morgan fingerprint density at radius 3 is 2.57 bits per heavy atom. The monoisotopic (exact) mass is 292 g/mol. The first-order chi connectivity index (χ1) is 10.1. The first kappa shape index (κ1) is 15.6. The van der Waals surface area contributed by atoms with Gasteiger partial charge in [0.2, 0.25) is 5.91 Å². The van der Waals surface area contributed by atoms with E-state index in [0.29, 0.717) is 24.0 Å². The molecule has 0 bridgehead atoms. The fraction of sp³-hybridized carbons (Fsp3) is 0.562. The zero-order valence-corrected chi connectivity index (χ0v) is 13.2. The van der Waals surface area contributed by atoms with E-state index in [9.17, 15) is 4.79 Å². The van der Waals surface area contributed by atoms with Gasteiger partial charge in [0.15, 0.2) is 11.5 Å². The summed E-state index contributed by atoms with van der Waals surface area (Å²) in [6.45, 7) is 4.38. The molecule has 1 aliphatic heterocycles. The Morgan fingerprint density at radius 2 is 2.00 bits per heavy atom. The maximum atomic E-state index is 12.5. The Hall–Kier alpha value is -1.75. The molecule has 1 fully saturated rings. The highest BCUT2D eigenvalue weighted by Crippen LogP contribution is 2.28. The molecule has 2 atom stereocenters. The minimum Gasteiger partial charge on any atom is -0.493 e. The molecule has 0 aromatic heterocycles. The second-order valence-electron chi connectivity index (χ2n) is 5.63. The van der Waals surface area contributed by atoms with Crippen LogP contribution in [0.15, 0.2) is 18.2 Å². The normalized spacial score (nSPS) is 21.1. The molecule has 0 radical (unpaired) electrons. The fourth-order valence-electron chi connectivity index (χ4n) is 2.75. The maximum Gasteiger partial charge on any atom is 0.227 e. The Bertz CT molecular complexity index is 504. The highest BCUT2D eigenvalue weighted by atomic mass is 16.5. The molecule has 1 N–H and O–H groups in total. The molecule has 1 heterocycles. The van der Waals surface area contributed by atoms with Crippen LogP contribution in [0.5, 0.6) is 11.5 Å². The molecule has 0 unspecified atom stereocenters. The second kappa shape index (κ2) is 6.80. The van der Waals surface area contributed by atoms with Gasteiger partial charge in [0.05, 0.1) is 20.1 Å². The molecule has 1 aliphatic rings. The van der Waals surface area contributed by atoms with Crippen molar-refractivity contribution in [3.63, 3.8) is 0 Å². The largest absolute Gasteiger partial charge is 0.493 e. The van der Waals surface area contributed by atoms with E-state index in [1.54, 1.807) is 19.1 Å². The van der Waals surface area contributed by atoms with Crippen molar-refractivity contribution in [3.05, 3.63) is 23.8 Å². The number of hydrogen-bond donors (Lipinski definition) is 1. The van der Waals surface area contributed by atoms with Gasteiger partial charge in [0.1, 0.15) is 0 Å². The molecule has 1 aromatic rings. The van der Waals surface area contributed by atoms with Gasteiger partial charge in [-0.3, -0.25) is 4.79 Å². The molecule has 5 heteroatoms. The van der Waals surface area contributed by atoms with Crippen LogP contribution in [0.25, 0.3) is 0 Å². The number of methoxy groups -OCH3 is 2. The Balaban J connectivity index is 2.05. The highest BCUT2D eigenvalue weighted by Gasteiger charge is 2.31. The van der Waals surface area contributed by atoms with Crippen molar-refractivity contribution in [2.45, 2.75) is 13.5 Å². The molecule has 2 rings (SSSR count). The van der Waals surface area contributed by atoms with Gasteiger partial charge in [-0.15, -0.1) is 0 Å². The first-order valence-electron chi connectivity index (χ1n) is 7.23. The summed E-state index contributed by atoms with van der Waals surface area (Å²) in [5.41, 5.74) is 1.03. The quantitative estimate of drug-likeness (QED) is 0.894. The zero-order valence-electron chi connectivity index (χ0n) is 13.2. The van der Waals surface area contributed by atoms with Crippen molar-refractivity contribution in [2.75, 3.05) is 34.4 Å². The van der Waals surface area contributed by atoms with Crippen LogP contribution in [0, 0.1) is 11.8 Å². The Morgan fingerprint density at radius 1 is 1.29 bits per heavy atom. The molecule has 1 aromatic carbocycles. The standard InChI is InChI=1S/C16H24N2O3/c1-11-8-17-9-13(11)16(19)18(2)10-12-5-6-14(20-3)15(7-12)21-4/h5-7,11,13,17H,8-10H2,1-4H3/t11-,13-/m1/s1. The number of benzene rings is 1. The van der Waals surface area contributed by atoms with Gasteiger partial charge >= 0.3 is 0 Å². The smallest absolute Gasteiger partial charge is 0.227 e. The predicted molar refractivity (Wildman–Crippen MR) is 81.5 cm³/mol. The van der Waals surface area contributed by atoms with Crippen molar-refractivity contribution in [2.24, 2.45) is 11.8 Å². The summed E-state index contributed by atoms with van der Waals surface area (Å²) in [6, 6.07) is 5.74. The minimum absolute atomic E-state index is 0.0788. The number of nitrogens with zero attached hydrogens (tertiary/aromatic N) is 1. The van der Waals surface area contributed by atoms with Crippen LogP contribution in [0.2, 0.25) is 0 Å². The highest BCUT2D eigenvalue weighted by molar-refractivity contribution is 5.79. The Kier molecular flexibility index (Phi) is 5.07. The summed E-state index contributed by atoms with van der Waals surface area (Å²) in [5, 5.41) is 3.27. The lowest BCUT2D eigenvalue weighted by Crippen LogP contribution is -2.35. The third kappa shape index (κ3) is 3.47. The molecule has 0 saturated carbocycles. The summed E-state index contributed by atoms with van der Waals surface area (Å²) in [6.07, 6.45) is 0. The van der Waals surface area contributed by atoms with Crippen LogP contribution in [-0.4, -0.2) is 45.2 Å². The van der Waals surface area contributed by atoms with Gasteiger partial charge < -0.3 is 19.7 Å². The SMILES string of the molecule is COc1ccc(CN(C)C(=O)[C@@H]2CNC[C@H]2C)cc1OC. The van der Waals surface area contributed by atoms with Crippen molar-refractivity contribution in [1.29, 1.82) is 0 Å². The van der Waals surface area contributed by atoms with Crippen molar-refractivity contribution in [3.8, 4) is 11.5 Å². The summed E-state index contributed by atoms with van der Waals surface area (Å²) >= 11 is 0. The zero-order chi connectivity index (χ0) is 15.4. The maximum absolute atomic E-state index is 12.5. The minimum atomic E-state index is 0.0788. The number of carbonyl (C=O) groups excluding carboxylic acids is 1. The van der Waals surface area contributed by atoms with E-state index in [4.69, 9.17) is 9.47 Å². The van der Waals surface area contributed by atoms with Gasteiger partial charge in [0.25, 0.3) is 0 Å². The first-order valence-corrected chi connectivity index (χ1v) is 7.23. The van der Waals surface area contributed by atoms with Crippen molar-refractivity contribution < 1.29 is 14.3 Å². The van der Waals surface area contributed by atoms with Gasteiger partial charge in [-0.2, -0.15) is 0 Å². The van der Waals surface area contributed by atoms with Gasteiger partial charge in [-0.1, -0.05) is 13.0 Å². The molecule has 116 valence electrons. The summed E-state index contributed by atoms with van der Waals surface area (Å²) in [4.78, 5) is 14.3. The van der Waals surface area contributed by atoms with E-state index in [0.717, 1.165) is 18.7 Å². The number of rotatable bonds is 5. The van der Waals surface area contributed by atoms with E-state index in [1.165, 1.54) is 0 Å². The predicted octanol–water partition coefficient (Wildman–Crippen LogP) is 1.52. The third-order valence-corrected chi connectivity index (χ3v) is 4.08. The fourth-order valence-corrected chi connectivity index (χ4v) is 2.75. The lowest BCUT2D eigenvalue weighted by atomic mass is 9.96. The number of hydrogen-bond acceptors (Lipinski definition) is 4. The average molecular weight is 292 g/mol. The summed E-state index contributed by atoms with van der Waals surface area (Å²) in [5.74, 6) is 2.05. The molecule has 21 heavy (non-hydrogen) atoms. The van der Waals surface area contributed by atoms with E-state index in [1.807, 2.05) is 25.2 Å². The van der Waals surface area contributed by atoms with Crippen LogP contribution < -0.4 is 14.8 Å². The van der Waals surface area contributed by atoms with Crippen molar-refractivity contribution in [1.82, 2.24) is 10.2 Å².